The first-order valence-corrected chi connectivity index (χ1v) is 8.77. The van der Waals surface area contributed by atoms with Gasteiger partial charge in [-0.1, -0.05) is 19.8 Å². The molecule has 120 valence electrons. The summed E-state index contributed by atoms with van der Waals surface area (Å²) in [6.07, 6.45) is 3.75. The first-order chi connectivity index (χ1) is 10.7. The molecule has 2 rings (SSSR count). The Hall–Kier alpha value is -1.56. The van der Waals surface area contributed by atoms with Crippen molar-refractivity contribution in [3.8, 4) is 0 Å². The van der Waals surface area contributed by atoms with Crippen LogP contribution in [0.4, 0.5) is 17.1 Å². The van der Waals surface area contributed by atoms with E-state index in [9.17, 15) is 0 Å². The van der Waals surface area contributed by atoms with E-state index < -0.39 is 0 Å². The molecule has 0 bridgehead atoms. The third kappa shape index (κ3) is 4.73. The van der Waals surface area contributed by atoms with Crippen molar-refractivity contribution in [2.45, 2.75) is 39.2 Å². The van der Waals surface area contributed by atoms with Gasteiger partial charge in [-0.25, -0.2) is 0 Å². The van der Waals surface area contributed by atoms with Gasteiger partial charge in [0.15, 0.2) is 0 Å². The minimum atomic E-state index is 0.141. The molecular weight excluding hydrogens is 292 g/mol. The smallest absolute Gasteiger partial charge is 0.0545 e. The van der Waals surface area contributed by atoms with Crippen molar-refractivity contribution >= 4 is 28.4 Å². The zero-order chi connectivity index (χ0) is 15.8. The lowest BCUT2D eigenvalue weighted by Crippen LogP contribution is -2.25. The van der Waals surface area contributed by atoms with Crippen molar-refractivity contribution in [1.82, 2.24) is 5.43 Å². The molecule has 0 saturated heterocycles. The van der Waals surface area contributed by atoms with E-state index in [0.717, 1.165) is 17.9 Å². The van der Waals surface area contributed by atoms with Crippen LogP contribution in [-0.2, 0) is 0 Å². The summed E-state index contributed by atoms with van der Waals surface area (Å²) >= 11 is 1.70. The monoisotopic (exact) mass is 318 g/mol. The molecule has 0 amide bonds. The zero-order valence-electron chi connectivity index (χ0n) is 13.4. The van der Waals surface area contributed by atoms with Gasteiger partial charge in [-0.2, -0.15) is 0 Å². The topological polar surface area (TPSA) is 62.1 Å². The molecule has 0 radical (unpaired) electrons. The number of thiophene rings is 1. The number of rotatable bonds is 9. The largest absolute Gasteiger partial charge is 0.385 e. The number of hydrogen-bond donors (Lipinski definition) is 4. The van der Waals surface area contributed by atoms with E-state index in [-0.39, 0.29) is 6.04 Å². The molecule has 2 aromatic rings. The van der Waals surface area contributed by atoms with Gasteiger partial charge in [0.1, 0.15) is 0 Å². The van der Waals surface area contributed by atoms with Crippen molar-refractivity contribution in [2.24, 2.45) is 5.84 Å². The summed E-state index contributed by atoms with van der Waals surface area (Å²) in [5.74, 6) is 5.53. The number of hydrogen-bond acceptors (Lipinski definition) is 5. The normalized spacial score (nSPS) is 12.1. The fourth-order valence-corrected chi connectivity index (χ4v) is 3.14. The van der Waals surface area contributed by atoms with Gasteiger partial charge in [-0.05, 0) is 49.1 Å². The van der Waals surface area contributed by atoms with E-state index in [2.05, 4.69) is 65.6 Å². The van der Waals surface area contributed by atoms with Crippen LogP contribution in [0.1, 0.15) is 44.0 Å². The Balaban J connectivity index is 1.92. The Morgan fingerprint density at radius 1 is 1.09 bits per heavy atom. The van der Waals surface area contributed by atoms with E-state index in [1.165, 1.54) is 29.8 Å². The lowest BCUT2D eigenvalue weighted by Gasteiger charge is -2.13. The molecule has 0 aliphatic rings. The lowest BCUT2D eigenvalue weighted by atomic mass is 10.2. The Bertz CT molecular complexity index is 550. The molecule has 1 aromatic heterocycles. The third-order valence-corrected chi connectivity index (χ3v) is 4.71. The van der Waals surface area contributed by atoms with Gasteiger partial charge in [0.05, 0.1) is 11.7 Å². The Morgan fingerprint density at radius 2 is 1.82 bits per heavy atom. The Labute approximate surface area is 137 Å². The fraction of sp³-hybridized carbons (Fsp3) is 0.412. The molecule has 1 heterocycles. The summed E-state index contributed by atoms with van der Waals surface area (Å²) in [7, 11) is 0. The van der Waals surface area contributed by atoms with E-state index in [1.54, 1.807) is 11.3 Å². The molecule has 1 atom stereocenters. The third-order valence-electron chi connectivity index (χ3n) is 3.61. The quantitative estimate of drug-likeness (QED) is 0.309. The van der Waals surface area contributed by atoms with Gasteiger partial charge in [-0.3, -0.25) is 11.3 Å². The van der Waals surface area contributed by atoms with E-state index in [0.29, 0.717) is 0 Å². The SMILES string of the molecule is CCCCCNc1ccc(Nc2ccsc2C(C)NN)cc1. The van der Waals surface area contributed by atoms with Crippen LogP contribution in [0.5, 0.6) is 0 Å². The summed E-state index contributed by atoms with van der Waals surface area (Å²) < 4.78 is 0. The minimum absolute atomic E-state index is 0.141. The van der Waals surface area contributed by atoms with Crippen molar-refractivity contribution in [3.05, 3.63) is 40.6 Å². The highest BCUT2D eigenvalue weighted by Crippen LogP contribution is 2.31. The molecule has 22 heavy (non-hydrogen) atoms. The van der Waals surface area contributed by atoms with Crippen LogP contribution in [0.25, 0.3) is 0 Å². The molecule has 1 aromatic carbocycles. The molecule has 0 saturated carbocycles. The fourth-order valence-electron chi connectivity index (χ4n) is 2.27. The maximum Gasteiger partial charge on any atom is 0.0545 e. The second-order valence-electron chi connectivity index (χ2n) is 5.42. The van der Waals surface area contributed by atoms with Gasteiger partial charge < -0.3 is 10.6 Å². The lowest BCUT2D eigenvalue weighted by molar-refractivity contribution is 0.613. The average molecular weight is 318 g/mol. The second-order valence-corrected chi connectivity index (χ2v) is 6.37. The molecule has 5 heteroatoms. The van der Waals surface area contributed by atoms with Gasteiger partial charge in [0.25, 0.3) is 0 Å². The summed E-state index contributed by atoms with van der Waals surface area (Å²) in [6.45, 7) is 5.31. The highest BCUT2D eigenvalue weighted by Gasteiger charge is 2.10. The maximum atomic E-state index is 5.53. The van der Waals surface area contributed by atoms with E-state index in [4.69, 9.17) is 5.84 Å². The summed E-state index contributed by atoms with van der Waals surface area (Å²) in [5, 5.41) is 8.99. The summed E-state index contributed by atoms with van der Waals surface area (Å²) in [4.78, 5) is 1.21. The Morgan fingerprint density at radius 3 is 2.50 bits per heavy atom. The summed E-state index contributed by atoms with van der Waals surface area (Å²) in [6, 6.07) is 10.7. The minimum Gasteiger partial charge on any atom is -0.385 e. The molecule has 0 spiro atoms. The zero-order valence-corrected chi connectivity index (χ0v) is 14.2. The highest BCUT2D eigenvalue weighted by molar-refractivity contribution is 7.10. The van der Waals surface area contributed by atoms with E-state index >= 15 is 0 Å². The van der Waals surface area contributed by atoms with E-state index in [1.807, 2.05) is 0 Å². The summed E-state index contributed by atoms with van der Waals surface area (Å²) in [5.41, 5.74) is 6.16. The van der Waals surface area contributed by atoms with Gasteiger partial charge in [-0.15, -0.1) is 11.3 Å². The molecule has 0 fully saturated rings. The predicted octanol–water partition coefficient (Wildman–Crippen LogP) is 4.62. The molecular formula is C17H26N4S. The molecule has 1 unspecified atom stereocenters. The number of hydrazine groups is 1. The number of nitrogens with one attached hydrogen (secondary N) is 3. The maximum absolute atomic E-state index is 5.53. The van der Waals surface area contributed by atoms with Gasteiger partial charge >= 0.3 is 0 Å². The first-order valence-electron chi connectivity index (χ1n) is 7.89. The number of nitrogens with two attached hydrogens (primary N) is 1. The molecule has 4 nitrogen and oxygen atoms in total. The van der Waals surface area contributed by atoms with Crippen molar-refractivity contribution in [3.63, 3.8) is 0 Å². The van der Waals surface area contributed by atoms with Gasteiger partial charge in [0, 0.05) is 22.8 Å². The van der Waals surface area contributed by atoms with Crippen LogP contribution in [0.2, 0.25) is 0 Å². The van der Waals surface area contributed by atoms with Crippen molar-refractivity contribution in [2.75, 3.05) is 17.2 Å². The highest BCUT2D eigenvalue weighted by atomic mass is 32.1. The van der Waals surface area contributed by atoms with Crippen LogP contribution in [-0.4, -0.2) is 6.54 Å². The average Bonchev–Trinajstić information content (AvgIpc) is 3.00. The Kier molecular flexibility index (Phi) is 6.71. The second kappa shape index (κ2) is 8.78. The van der Waals surface area contributed by atoms with Crippen LogP contribution >= 0.6 is 11.3 Å². The van der Waals surface area contributed by atoms with Crippen molar-refractivity contribution < 1.29 is 0 Å². The predicted molar refractivity (Wildman–Crippen MR) is 97.8 cm³/mol. The molecule has 0 aliphatic carbocycles. The number of benzene rings is 1. The molecule has 5 N–H and O–H groups in total. The number of unbranched alkanes of at least 4 members (excludes halogenated alkanes) is 2. The standard InChI is InChI=1S/C17H26N4S/c1-3-4-5-11-19-14-6-8-15(9-7-14)20-16-10-12-22-17(16)13(2)21-18/h6-10,12-13,19-21H,3-5,11,18H2,1-2H3. The van der Waals surface area contributed by atoms with Crippen LogP contribution < -0.4 is 21.9 Å². The van der Waals surface area contributed by atoms with Crippen LogP contribution in [0.15, 0.2) is 35.7 Å². The number of anilines is 3. The first kappa shape index (κ1) is 16.8. The van der Waals surface area contributed by atoms with Crippen LogP contribution in [0, 0.1) is 0 Å². The molecule has 0 aliphatic heterocycles. The van der Waals surface area contributed by atoms with Crippen molar-refractivity contribution in [1.29, 1.82) is 0 Å². The van der Waals surface area contributed by atoms with Gasteiger partial charge in [0.2, 0.25) is 0 Å². The van der Waals surface area contributed by atoms with Crippen LogP contribution in [0.3, 0.4) is 0 Å².